The number of nitrogens with one attached hydrogen (secondary N) is 2. The van der Waals surface area contributed by atoms with Crippen molar-refractivity contribution in [2.24, 2.45) is 0 Å². The molecule has 7 nitrogen and oxygen atoms in total. The number of hydrogen-bond donors (Lipinski definition) is 2. The number of amides is 2. The van der Waals surface area contributed by atoms with Gasteiger partial charge < -0.3 is 20.1 Å². The number of carbonyl (C=O) groups is 2. The number of rotatable bonds is 9. The van der Waals surface area contributed by atoms with E-state index in [2.05, 4.69) is 10.6 Å². The largest absolute Gasteiger partial charge is 0.496 e. The van der Waals surface area contributed by atoms with Crippen LogP contribution in [-0.2, 0) is 9.59 Å². The second kappa shape index (κ2) is 10.5. The average molecular weight is 399 g/mol. The van der Waals surface area contributed by atoms with Crippen molar-refractivity contribution in [2.75, 3.05) is 39.7 Å². The Balaban J connectivity index is 1.87. The minimum absolute atomic E-state index is 0.0257. The number of nitrogens with zero attached hydrogens (tertiary/aromatic N) is 1. The van der Waals surface area contributed by atoms with E-state index >= 15 is 0 Å². The number of likely N-dealkylation sites (N-methyl/N-ethyl adjacent to an activating group) is 1. The molecule has 156 valence electrons. The topological polar surface area (TPSA) is 79.9 Å². The summed E-state index contributed by atoms with van der Waals surface area (Å²) in [6.45, 7) is 3.96. The van der Waals surface area contributed by atoms with Crippen molar-refractivity contribution in [1.29, 1.82) is 0 Å². The zero-order valence-corrected chi connectivity index (χ0v) is 17.6. The molecule has 0 aromatic heterocycles. The predicted molar refractivity (Wildman–Crippen MR) is 113 cm³/mol. The number of carbonyl (C=O) groups excluding carboxylic acids is 2. The van der Waals surface area contributed by atoms with Crippen molar-refractivity contribution >= 4 is 17.5 Å². The highest BCUT2D eigenvalue weighted by atomic mass is 16.5. The van der Waals surface area contributed by atoms with Gasteiger partial charge in [-0.15, -0.1) is 0 Å². The Labute approximate surface area is 172 Å². The molecule has 1 unspecified atom stereocenters. The molecule has 1 atom stereocenters. The van der Waals surface area contributed by atoms with E-state index in [0.717, 1.165) is 16.9 Å². The minimum atomic E-state index is -0.317. The first-order chi connectivity index (χ1) is 13.8. The van der Waals surface area contributed by atoms with Gasteiger partial charge in [-0.05, 0) is 44.7 Å². The number of hydrogen-bond acceptors (Lipinski definition) is 5. The molecule has 0 saturated heterocycles. The third-order valence-corrected chi connectivity index (χ3v) is 4.72. The molecule has 0 fully saturated rings. The number of anilines is 1. The molecule has 29 heavy (non-hydrogen) atoms. The van der Waals surface area contributed by atoms with Crippen molar-refractivity contribution in [3.8, 4) is 11.5 Å². The van der Waals surface area contributed by atoms with Gasteiger partial charge in [0.05, 0.1) is 33.0 Å². The lowest BCUT2D eigenvalue weighted by Crippen LogP contribution is -2.40. The van der Waals surface area contributed by atoms with Crippen LogP contribution < -0.4 is 20.1 Å². The Bertz CT molecular complexity index is 854. The van der Waals surface area contributed by atoms with Crippen molar-refractivity contribution in [3.63, 3.8) is 0 Å². The molecule has 0 spiro atoms. The smallest absolute Gasteiger partial charge is 0.243 e. The Hall–Kier alpha value is -3.06. The third kappa shape index (κ3) is 6.22. The summed E-state index contributed by atoms with van der Waals surface area (Å²) in [5.41, 5.74) is 2.57. The van der Waals surface area contributed by atoms with Gasteiger partial charge in [0.2, 0.25) is 11.8 Å². The van der Waals surface area contributed by atoms with Gasteiger partial charge in [-0.2, -0.15) is 0 Å². The molecule has 0 heterocycles. The maximum absolute atomic E-state index is 12.3. The molecule has 0 radical (unpaired) electrons. The average Bonchev–Trinajstić information content (AvgIpc) is 2.71. The van der Waals surface area contributed by atoms with Gasteiger partial charge in [-0.3, -0.25) is 14.5 Å². The SMILES string of the molecule is COc1ccc(C)cc1NC(=O)CNC(=O)CN(C)C(C)c1ccccc1OC. The minimum Gasteiger partial charge on any atom is -0.496 e. The van der Waals surface area contributed by atoms with E-state index in [0.29, 0.717) is 11.4 Å². The van der Waals surface area contributed by atoms with Crippen LogP contribution in [0, 0.1) is 6.92 Å². The maximum atomic E-state index is 12.3. The molecule has 0 aliphatic carbocycles. The molecule has 2 rings (SSSR count). The molecule has 0 saturated carbocycles. The summed E-state index contributed by atoms with van der Waals surface area (Å²) in [6, 6.07) is 13.2. The monoisotopic (exact) mass is 399 g/mol. The summed E-state index contributed by atoms with van der Waals surface area (Å²) in [6.07, 6.45) is 0. The van der Waals surface area contributed by atoms with Gasteiger partial charge in [0.1, 0.15) is 11.5 Å². The Morgan fingerprint density at radius 2 is 1.72 bits per heavy atom. The van der Waals surface area contributed by atoms with E-state index in [1.54, 1.807) is 20.3 Å². The number of methoxy groups -OCH3 is 2. The molecule has 2 aromatic carbocycles. The van der Waals surface area contributed by atoms with Crippen molar-refractivity contribution in [1.82, 2.24) is 10.2 Å². The van der Waals surface area contributed by atoms with Crippen LogP contribution in [0.15, 0.2) is 42.5 Å². The normalized spacial score (nSPS) is 11.7. The quantitative estimate of drug-likeness (QED) is 0.678. The lowest BCUT2D eigenvalue weighted by Gasteiger charge is -2.25. The van der Waals surface area contributed by atoms with E-state index < -0.39 is 0 Å². The standard InChI is InChI=1S/C22H29N3O4/c1-15-10-11-20(29-5)18(12-15)24-21(26)13-23-22(27)14-25(3)16(2)17-8-6-7-9-19(17)28-4/h6-12,16H,13-14H2,1-5H3,(H,23,27)(H,24,26). The molecule has 0 bridgehead atoms. The van der Waals surface area contributed by atoms with E-state index in [9.17, 15) is 9.59 Å². The number of ether oxygens (including phenoxy) is 2. The first kappa shape index (κ1) is 22.2. The van der Waals surface area contributed by atoms with Crippen LogP contribution in [0.1, 0.15) is 24.1 Å². The highest BCUT2D eigenvalue weighted by Crippen LogP contribution is 2.28. The molecule has 2 amide bonds. The van der Waals surface area contributed by atoms with Gasteiger partial charge in [0, 0.05) is 11.6 Å². The summed E-state index contributed by atoms with van der Waals surface area (Å²) in [5.74, 6) is 0.794. The van der Waals surface area contributed by atoms with Crippen LogP contribution in [-0.4, -0.2) is 51.1 Å². The summed E-state index contributed by atoms with van der Waals surface area (Å²) >= 11 is 0. The van der Waals surface area contributed by atoms with E-state index in [1.807, 2.05) is 62.2 Å². The van der Waals surface area contributed by atoms with Crippen LogP contribution in [0.3, 0.4) is 0 Å². The second-order valence-corrected chi connectivity index (χ2v) is 6.86. The zero-order valence-electron chi connectivity index (χ0n) is 17.6. The van der Waals surface area contributed by atoms with Crippen LogP contribution in [0.4, 0.5) is 5.69 Å². The fraction of sp³-hybridized carbons (Fsp3) is 0.364. The fourth-order valence-electron chi connectivity index (χ4n) is 2.96. The van der Waals surface area contributed by atoms with Gasteiger partial charge in [-0.25, -0.2) is 0 Å². The van der Waals surface area contributed by atoms with Gasteiger partial charge >= 0.3 is 0 Å². The third-order valence-electron chi connectivity index (χ3n) is 4.72. The molecular weight excluding hydrogens is 370 g/mol. The number of para-hydroxylation sites is 1. The van der Waals surface area contributed by atoms with Crippen molar-refractivity contribution < 1.29 is 19.1 Å². The van der Waals surface area contributed by atoms with Crippen LogP contribution in [0.2, 0.25) is 0 Å². The summed E-state index contributed by atoms with van der Waals surface area (Å²) in [5, 5.41) is 5.42. The van der Waals surface area contributed by atoms with Crippen LogP contribution in [0.5, 0.6) is 11.5 Å². The summed E-state index contributed by atoms with van der Waals surface area (Å²) in [4.78, 5) is 26.4. The van der Waals surface area contributed by atoms with Crippen molar-refractivity contribution in [2.45, 2.75) is 19.9 Å². The molecular formula is C22H29N3O4. The fourth-order valence-corrected chi connectivity index (χ4v) is 2.96. The first-order valence-electron chi connectivity index (χ1n) is 9.40. The molecule has 0 aliphatic rings. The Morgan fingerprint density at radius 1 is 1.03 bits per heavy atom. The maximum Gasteiger partial charge on any atom is 0.243 e. The van der Waals surface area contributed by atoms with Gasteiger partial charge in [0.15, 0.2) is 0 Å². The Morgan fingerprint density at radius 3 is 2.41 bits per heavy atom. The molecule has 7 heteroatoms. The number of benzene rings is 2. The van der Waals surface area contributed by atoms with Gasteiger partial charge in [-0.1, -0.05) is 24.3 Å². The van der Waals surface area contributed by atoms with E-state index in [4.69, 9.17) is 9.47 Å². The molecule has 0 aliphatic heterocycles. The predicted octanol–water partition coefficient (Wildman–Crippen LogP) is 2.76. The molecule has 2 N–H and O–H groups in total. The van der Waals surface area contributed by atoms with Gasteiger partial charge in [0.25, 0.3) is 0 Å². The first-order valence-corrected chi connectivity index (χ1v) is 9.40. The highest BCUT2D eigenvalue weighted by molar-refractivity contribution is 5.96. The van der Waals surface area contributed by atoms with Crippen LogP contribution >= 0.6 is 0 Å². The van der Waals surface area contributed by atoms with E-state index in [-0.39, 0.29) is 30.9 Å². The van der Waals surface area contributed by atoms with Crippen molar-refractivity contribution in [3.05, 3.63) is 53.6 Å². The summed E-state index contributed by atoms with van der Waals surface area (Å²) < 4.78 is 10.6. The number of aryl methyl sites for hydroxylation is 1. The van der Waals surface area contributed by atoms with Crippen LogP contribution in [0.25, 0.3) is 0 Å². The highest BCUT2D eigenvalue weighted by Gasteiger charge is 2.18. The zero-order chi connectivity index (χ0) is 21.4. The second-order valence-electron chi connectivity index (χ2n) is 6.86. The Kier molecular flexibility index (Phi) is 8.03. The van der Waals surface area contributed by atoms with E-state index in [1.165, 1.54) is 0 Å². The lowest BCUT2D eigenvalue weighted by atomic mass is 10.1. The lowest BCUT2D eigenvalue weighted by molar-refractivity contribution is -0.125. The summed E-state index contributed by atoms with van der Waals surface area (Å²) in [7, 11) is 5.02. The molecule has 2 aromatic rings.